The summed E-state index contributed by atoms with van der Waals surface area (Å²) in [4.78, 5) is 4.11. The number of nitrogens with two attached hydrogens (primary N) is 1. The second-order valence-corrected chi connectivity index (χ2v) is 2.62. The molecular weight excluding hydrogens is 148 g/mol. The third-order valence-corrected chi connectivity index (χ3v) is 1.79. The van der Waals surface area contributed by atoms with Gasteiger partial charge in [-0.1, -0.05) is 24.3 Å². The highest BCUT2D eigenvalue weighted by Gasteiger charge is 1.93. The third kappa shape index (κ3) is 1.17. The van der Waals surface area contributed by atoms with Gasteiger partial charge < -0.3 is 5.73 Å². The number of aromatic nitrogens is 1. The van der Waals surface area contributed by atoms with Crippen molar-refractivity contribution in [3.63, 3.8) is 0 Å². The standard InChI is InChI=1S/C10H10N2/c11-6-10-5-8-3-1-2-4-9(8)7-12-10/h1-5,7H,6,11H2/i5D. The maximum atomic E-state index is 7.80. The molecule has 0 aliphatic carbocycles. The van der Waals surface area contributed by atoms with Gasteiger partial charge in [0.05, 0.1) is 7.06 Å². The second kappa shape index (κ2) is 2.91. The molecule has 0 unspecified atom stereocenters. The Labute approximate surface area is 72.4 Å². The monoisotopic (exact) mass is 159 g/mol. The Kier molecular flexibility index (Phi) is 1.49. The second-order valence-electron chi connectivity index (χ2n) is 2.62. The van der Waals surface area contributed by atoms with Crippen LogP contribution in [0.15, 0.2) is 36.5 Å². The lowest BCUT2D eigenvalue weighted by Gasteiger charge is -1.98. The van der Waals surface area contributed by atoms with Crippen LogP contribution in [-0.4, -0.2) is 4.98 Å². The van der Waals surface area contributed by atoms with Crippen molar-refractivity contribution in [3.05, 3.63) is 42.2 Å². The van der Waals surface area contributed by atoms with E-state index in [0.717, 1.165) is 10.8 Å². The molecule has 0 aliphatic rings. The van der Waals surface area contributed by atoms with Crippen molar-refractivity contribution in [2.45, 2.75) is 6.54 Å². The Balaban J connectivity index is 2.79. The first kappa shape index (κ1) is 6.14. The summed E-state index contributed by atoms with van der Waals surface area (Å²) in [5.74, 6) is 0. The molecule has 0 bridgehead atoms. The van der Waals surface area contributed by atoms with E-state index in [9.17, 15) is 0 Å². The highest BCUT2D eigenvalue weighted by molar-refractivity contribution is 5.81. The lowest BCUT2D eigenvalue weighted by atomic mass is 10.1. The highest BCUT2D eigenvalue weighted by atomic mass is 14.7. The predicted molar refractivity (Wildman–Crippen MR) is 49.6 cm³/mol. The van der Waals surface area contributed by atoms with Crippen LogP contribution in [0.1, 0.15) is 7.06 Å². The zero-order valence-corrected chi connectivity index (χ0v) is 6.62. The summed E-state index contributed by atoms with van der Waals surface area (Å²) in [6, 6.07) is 8.16. The Morgan fingerprint density at radius 3 is 2.83 bits per heavy atom. The van der Waals surface area contributed by atoms with E-state index in [4.69, 9.17) is 7.10 Å². The van der Waals surface area contributed by atoms with Crippen molar-refractivity contribution < 1.29 is 1.37 Å². The molecule has 2 N–H and O–H groups in total. The molecule has 0 atom stereocenters. The van der Waals surface area contributed by atoms with Gasteiger partial charge in [-0.2, -0.15) is 0 Å². The van der Waals surface area contributed by atoms with E-state index in [2.05, 4.69) is 4.98 Å². The number of fused-ring (bicyclic) bond motifs is 1. The first-order chi connectivity index (χ1) is 6.33. The summed E-state index contributed by atoms with van der Waals surface area (Å²) in [6.07, 6.45) is 1.76. The van der Waals surface area contributed by atoms with Crippen LogP contribution < -0.4 is 5.73 Å². The van der Waals surface area contributed by atoms with E-state index in [-0.39, 0.29) is 0 Å². The molecule has 1 heterocycles. The minimum Gasteiger partial charge on any atom is -0.325 e. The SMILES string of the molecule is [2H]c1c(CN)ncc2ccccc12. The summed E-state index contributed by atoms with van der Waals surface area (Å²) >= 11 is 0. The van der Waals surface area contributed by atoms with Crippen LogP contribution in [0.25, 0.3) is 10.8 Å². The Morgan fingerprint density at radius 2 is 2.08 bits per heavy atom. The Hall–Kier alpha value is -1.41. The molecule has 12 heavy (non-hydrogen) atoms. The number of nitrogens with zero attached hydrogens (tertiary/aromatic N) is 1. The van der Waals surface area contributed by atoms with E-state index < -0.39 is 0 Å². The molecule has 2 nitrogen and oxygen atoms in total. The number of rotatable bonds is 1. The van der Waals surface area contributed by atoms with Gasteiger partial charge in [0.25, 0.3) is 0 Å². The molecule has 2 heteroatoms. The fraction of sp³-hybridized carbons (Fsp3) is 0.100. The number of hydrogen-bond donors (Lipinski definition) is 1. The summed E-state index contributed by atoms with van der Waals surface area (Å²) in [6.45, 7) is 0.323. The van der Waals surface area contributed by atoms with Gasteiger partial charge in [-0.15, -0.1) is 0 Å². The normalized spacial score (nSPS) is 11.6. The summed E-state index contributed by atoms with van der Waals surface area (Å²) in [5, 5.41) is 1.91. The third-order valence-electron chi connectivity index (χ3n) is 1.79. The van der Waals surface area contributed by atoms with Crippen LogP contribution >= 0.6 is 0 Å². The summed E-state index contributed by atoms with van der Waals surface area (Å²) in [7, 11) is 0. The molecule has 0 amide bonds. The topological polar surface area (TPSA) is 38.9 Å². The summed E-state index contributed by atoms with van der Waals surface area (Å²) in [5.41, 5.74) is 6.11. The van der Waals surface area contributed by atoms with Gasteiger partial charge in [0.2, 0.25) is 0 Å². The summed E-state index contributed by atoms with van der Waals surface area (Å²) < 4.78 is 7.80. The maximum absolute atomic E-state index is 7.80. The lowest BCUT2D eigenvalue weighted by Crippen LogP contribution is -1.98. The Bertz CT molecular complexity index is 440. The van der Waals surface area contributed by atoms with E-state index in [0.29, 0.717) is 18.3 Å². The van der Waals surface area contributed by atoms with Gasteiger partial charge >= 0.3 is 0 Å². The largest absolute Gasteiger partial charge is 0.325 e. The van der Waals surface area contributed by atoms with Gasteiger partial charge in [0.1, 0.15) is 0 Å². The number of pyridine rings is 1. The van der Waals surface area contributed by atoms with Crippen molar-refractivity contribution in [1.82, 2.24) is 4.98 Å². The molecule has 0 saturated heterocycles. The van der Waals surface area contributed by atoms with Crippen LogP contribution in [0.3, 0.4) is 0 Å². The van der Waals surface area contributed by atoms with Crippen LogP contribution in [0.5, 0.6) is 0 Å². The average Bonchev–Trinajstić information content (AvgIpc) is 2.19. The van der Waals surface area contributed by atoms with Crippen LogP contribution in [0.4, 0.5) is 0 Å². The molecule has 0 radical (unpaired) electrons. The smallest absolute Gasteiger partial charge is 0.0649 e. The van der Waals surface area contributed by atoms with Gasteiger partial charge in [-0.25, -0.2) is 0 Å². The number of hydrogen-bond acceptors (Lipinski definition) is 2. The van der Waals surface area contributed by atoms with Crippen LogP contribution in [-0.2, 0) is 6.54 Å². The first-order valence-electron chi connectivity index (χ1n) is 4.36. The van der Waals surface area contributed by atoms with E-state index in [1.165, 1.54) is 0 Å². The minimum atomic E-state index is 0.323. The molecule has 1 aromatic carbocycles. The van der Waals surface area contributed by atoms with Gasteiger partial charge in [-0.3, -0.25) is 4.98 Å². The highest BCUT2D eigenvalue weighted by Crippen LogP contribution is 2.12. The lowest BCUT2D eigenvalue weighted by molar-refractivity contribution is 0.998. The van der Waals surface area contributed by atoms with Crippen molar-refractivity contribution in [2.24, 2.45) is 5.73 Å². The fourth-order valence-electron chi connectivity index (χ4n) is 1.16. The van der Waals surface area contributed by atoms with Gasteiger partial charge in [0, 0.05) is 18.1 Å². The zero-order valence-electron chi connectivity index (χ0n) is 7.62. The molecule has 60 valence electrons. The maximum Gasteiger partial charge on any atom is 0.0649 e. The first-order valence-corrected chi connectivity index (χ1v) is 3.86. The van der Waals surface area contributed by atoms with Gasteiger partial charge in [0.15, 0.2) is 0 Å². The van der Waals surface area contributed by atoms with Crippen molar-refractivity contribution in [3.8, 4) is 0 Å². The van der Waals surface area contributed by atoms with Crippen molar-refractivity contribution in [1.29, 1.82) is 0 Å². The molecular formula is C10H10N2. The molecule has 0 aliphatic heterocycles. The Morgan fingerprint density at radius 1 is 1.33 bits per heavy atom. The average molecular weight is 159 g/mol. The molecule has 2 aromatic rings. The van der Waals surface area contributed by atoms with Crippen LogP contribution in [0, 0.1) is 0 Å². The van der Waals surface area contributed by atoms with Crippen molar-refractivity contribution >= 4 is 10.8 Å². The molecule has 1 aromatic heterocycles. The molecule has 0 fully saturated rings. The molecule has 0 saturated carbocycles. The molecule has 2 rings (SSSR count). The van der Waals surface area contributed by atoms with E-state index in [1.807, 2.05) is 24.3 Å². The number of benzene rings is 1. The quantitative estimate of drug-likeness (QED) is 0.687. The minimum absolute atomic E-state index is 0.323. The van der Waals surface area contributed by atoms with E-state index in [1.54, 1.807) is 6.20 Å². The van der Waals surface area contributed by atoms with E-state index >= 15 is 0 Å². The van der Waals surface area contributed by atoms with Crippen molar-refractivity contribution in [2.75, 3.05) is 0 Å². The fourth-order valence-corrected chi connectivity index (χ4v) is 1.16. The zero-order chi connectivity index (χ0) is 9.26. The molecule has 0 spiro atoms. The predicted octanol–water partition coefficient (Wildman–Crippen LogP) is 1.69. The van der Waals surface area contributed by atoms with Crippen LogP contribution in [0.2, 0.25) is 0 Å². The van der Waals surface area contributed by atoms with Gasteiger partial charge in [-0.05, 0) is 11.4 Å².